The first-order chi connectivity index (χ1) is 9.15. The molecule has 2 N–H and O–H groups in total. The molecule has 1 saturated carbocycles. The monoisotopic (exact) mass is 305 g/mol. The van der Waals surface area contributed by atoms with E-state index in [2.05, 4.69) is 0 Å². The molecule has 112 valence electrons. The smallest absolute Gasteiger partial charge is 0.186 e. The minimum absolute atomic E-state index is 0.235. The van der Waals surface area contributed by atoms with E-state index in [4.69, 9.17) is 10.5 Å². The zero-order valence-corrected chi connectivity index (χ0v) is 12.4. The van der Waals surface area contributed by atoms with Gasteiger partial charge in [-0.25, -0.2) is 17.2 Å². The fourth-order valence-electron chi connectivity index (χ4n) is 2.60. The average molecular weight is 305 g/mol. The van der Waals surface area contributed by atoms with E-state index in [9.17, 15) is 17.2 Å². The molecule has 0 aliphatic heterocycles. The van der Waals surface area contributed by atoms with Gasteiger partial charge in [0.25, 0.3) is 0 Å². The molecule has 1 aromatic carbocycles. The van der Waals surface area contributed by atoms with Crippen molar-refractivity contribution in [2.24, 2.45) is 5.73 Å². The molecule has 0 saturated heterocycles. The lowest BCUT2D eigenvalue weighted by atomic mass is 9.88. The summed E-state index contributed by atoms with van der Waals surface area (Å²) in [6, 6.07) is 0.730. The van der Waals surface area contributed by atoms with Crippen LogP contribution < -0.4 is 10.5 Å². The summed E-state index contributed by atoms with van der Waals surface area (Å²) in [5.41, 5.74) is 5.66. The van der Waals surface area contributed by atoms with Gasteiger partial charge < -0.3 is 10.5 Å². The van der Waals surface area contributed by atoms with Gasteiger partial charge in [-0.1, -0.05) is 0 Å². The van der Waals surface area contributed by atoms with Gasteiger partial charge in [-0.05, 0) is 25.8 Å². The molecule has 2 rings (SSSR count). The van der Waals surface area contributed by atoms with Crippen LogP contribution in [-0.2, 0) is 15.3 Å². The minimum atomic E-state index is -4.02. The van der Waals surface area contributed by atoms with Gasteiger partial charge in [0, 0.05) is 23.3 Å². The van der Waals surface area contributed by atoms with Gasteiger partial charge in [0.2, 0.25) is 0 Å². The molecule has 4 nitrogen and oxygen atoms in total. The largest absolute Gasteiger partial charge is 0.493 e. The Hall–Kier alpha value is -1.21. The van der Waals surface area contributed by atoms with E-state index in [0.717, 1.165) is 12.3 Å². The summed E-state index contributed by atoms with van der Waals surface area (Å²) in [6.07, 6.45) is 2.14. The van der Waals surface area contributed by atoms with E-state index in [-0.39, 0.29) is 11.8 Å². The number of methoxy groups -OCH3 is 1. The van der Waals surface area contributed by atoms with Crippen LogP contribution >= 0.6 is 0 Å². The molecule has 20 heavy (non-hydrogen) atoms. The molecule has 0 bridgehead atoms. The fraction of sp³-hybridized carbons (Fsp3) is 0.538. The highest BCUT2D eigenvalue weighted by molar-refractivity contribution is 7.90. The Bertz CT molecular complexity index is 652. The number of hydrogen-bond donors (Lipinski definition) is 1. The first kappa shape index (κ1) is 15.2. The Kier molecular flexibility index (Phi) is 3.54. The van der Waals surface area contributed by atoms with Gasteiger partial charge >= 0.3 is 0 Å². The Labute approximate surface area is 116 Å². The number of nitrogens with two attached hydrogens (primary N) is 1. The lowest BCUT2D eigenvalue weighted by molar-refractivity contribution is 0.360. The molecule has 0 heterocycles. The van der Waals surface area contributed by atoms with Gasteiger partial charge in [-0.2, -0.15) is 0 Å². The van der Waals surface area contributed by atoms with E-state index in [0.29, 0.717) is 18.4 Å². The Morgan fingerprint density at radius 2 is 1.95 bits per heavy atom. The quantitative estimate of drug-likeness (QED) is 0.920. The van der Waals surface area contributed by atoms with Crippen molar-refractivity contribution in [2.45, 2.75) is 36.1 Å². The highest BCUT2D eigenvalue weighted by Gasteiger charge is 2.50. The van der Waals surface area contributed by atoms with Crippen LogP contribution in [0, 0.1) is 11.6 Å². The maximum absolute atomic E-state index is 14.3. The Balaban J connectivity index is 2.75. The van der Waals surface area contributed by atoms with Gasteiger partial charge in [0.05, 0.1) is 7.11 Å². The Morgan fingerprint density at radius 1 is 1.40 bits per heavy atom. The standard InChI is InChI=1S/C13H17F2NO3S/c1-7(16)13(4-5-13)8-6-9(14)12(20(3,17)18)10(15)11(8)19-2/h6-7H,4-5,16H2,1-3H3. The molecule has 1 aliphatic carbocycles. The predicted octanol–water partition coefficient (Wildman–Crippen LogP) is 1.76. The van der Waals surface area contributed by atoms with E-state index < -0.39 is 31.8 Å². The second-order valence-electron chi connectivity index (χ2n) is 5.30. The second-order valence-corrected chi connectivity index (χ2v) is 7.25. The van der Waals surface area contributed by atoms with Crippen molar-refractivity contribution in [3.8, 4) is 5.75 Å². The molecule has 1 aliphatic rings. The van der Waals surface area contributed by atoms with Crippen LogP contribution in [0.15, 0.2) is 11.0 Å². The summed E-state index contributed by atoms with van der Waals surface area (Å²) >= 11 is 0. The lowest BCUT2D eigenvalue weighted by Crippen LogP contribution is -2.32. The molecule has 7 heteroatoms. The third-order valence-corrected chi connectivity index (χ3v) is 5.02. The van der Waals surface area contributed by atoms with E-state index >= 15 is 0 Å². The number of hydrogen-bond acceptors (Lipinski definition) is 4. The van der Waals surface area contributed by atoms with Gasteiger partial charge in [0.15, 0.2) is 21.4 Å². The number of ether oxygens (including phenoxy) is 1. The van der Waals surface area contributed by atoms with Crippen LogP contribution in [0.2, 0.25) is 0 Å². The molecule has 1 aromatic rings. The normalized spacial score (nSPS) is 18.7. The molecule has 1 unspecified atom stereocenters. The highest BCUT2D eigenvalue weighted by Crippen LogP contribution is 2.54. The zero-order valence-electron chi connectivity index (χ0n) is 11.5. The van der Waals surface area contributed by atoms with Gasteiger partial charge in [-0.15, -0.1) is 0 Å². The van der Waals surface area contributed by atoms with Crippen LogP contribution in [0.4, 0.5) is 8.78 Å². The van der Waals surface area contributed by atoms with Crippen molar-refractivity contribution < 1.29 is 21.9 Å². The van der Waals surface area contributed by atoms with Crippen LogP contribution in [0.1, 0.15) is 25.3 Å². The van der Waals surface area contributed by atoms with Crippen LogP contribution in [0.3, 0.4) is 0 Å². The predicted molar refractivity (Wildman–Crippen MR) is 70.6 cm³/mol. The van der Waals surface area contributed by atoms with Gasteiger partial charge in [-0.3, -0.25) is 0 Å². The van der Waals surface area contributed by atoms with Crippen LogP contribution in [0.25, 0.3) is 0 Å². The summed E-state index contributed by atoms with van der Waals surface area (Å²) in [4.78, 5) is -0.960. The SMILES string of the molecule is COc1c(C2(C(C)N)CC2)cc(F)c(S(C)(=O)=O)c1F. The molecule has 0 amide bonds. The van der Waals surface area contributed by atoms with Crippen LogP contribution in [-0.4, -0.2) is 27.8 Å². The summed E-state index contributed by atoms with van der Waals surface area (Å²) in [5, 5.41) is 0. The zero-order chi connectivity index (χ0) is 15.3. The summed E-state index contributed by atoms with van der Waals surface area (Å²) in [7, 11) is -2.79. The minimum Gasteiger partial charge on any atom is -0.493 e. The van der Waals surface area contributed by atoms with Crippen molar-refractivity contribution in [2.75, 3.05) is 13.4 Å². The number of sulfone groups is 1. The van der Waals surface area contributed by atoms with Crippen molar-refractivity contribution in [1.29, 1.82) is 0 Å². The first-order valence-corrected chi connectivity index (χ1v) is 8.06. The van der Waals surface area contributed by atoms with E-state index in [1.165, 1.54) is 7.11 Å². The number of halogens is 2. The third kappa shape index (κ3) is 2.18. The maximum atomic E-state index is 14.3. The van der Waals surface area contributed by atoms with Crippen molar-refractivity contribution in [3.05, 3.63) is 23.3 Å². The molecular formula is C13H17F2NO3S. The Morgan fingerprint density at radius 3 is 2.30 bits per heavy atom. The molecule has 0 aromatic heterocycles. The van der Waals surface area contributed by atoms with E-state index in [1.54, 1.807) is 6.92 Å². The van der Waals surface area contributed by atoms with Crippen molar-refractivity contribution >= 4 is 9.84 Å². The average Bonchev–Trinajstić information content (AvgIpc) is 3.07. The third-order valence-electron chi connectivity index (χ3n) is 3.90. The summed E-state index contributed by atoms with van der Waals surface area (Å²) in [6.45, 7) is 1.76. The second kappa shape index (κ2) is 4.66. The molecule has 0 radical (unpaired) electrons. The molecule has 0 spiro atoms. The maximum Gasteiger partial charge on any atom is 0.186 e. The number of rotatable bonds is 4. The topological polar surface area (TPSA) is 69.4 Å². The molecular weight excluding hydrogens is 288 g/mol. The fourth-order valence-corrected chi connectivity index (χ4v) is 3.43. The molecule has 1 atom stereocenters. The molecule has 1 fully saturated rings. The lowest BCUT2D eigenvalue weighted by Gasteiger charge is -2.23. The first-order valence-electron chi connectivity index (χ1n) is 6.17. The van der Waals surface area contributed by atoms with Gasteiger partial charge in [0.1, 0.15) is 10.7 Å². The number of benzene rings is 1. The van der Waals surface area contributed by atoms with Crippen LogP contribution in [0.5, 0.6) is 5.75 Å². The summed E-state index contributed by atoms with van der Waals surface area (Å²) in [5.74, 6) is -2.52. The van der Waals surface area contributed by atoms with E-state index in [1.807, 2.05) is 0 Å². The van der Waals surface area contributed by atoms with Crippen molar-refractivity contribution in [1.82, 2.24) is 0 Å². The van der Waals surface area contributed by atoms with Crippen molar-refractivity contribution in [3.63, 3.8) is 0 Å². The highest BCUT2D eigenvalue weighted by atomic mass is 32.2. The summed E-state index contributed by atoms with van der Waals surface area (Å²) < 4.78 is 56.3.